The van der Waals surface area contributed by atoms with E-state index in [4.69, 9.17) is 5.73 Å². The average Bonchev–Trinajstić information content (AvgIpc) is 2.56. The highest BCUT2D eigenvalue weighted by Gasteiger charge is 2.02. The van der Waals surface area contributed by atoms with Crippen molar-refractivity contribution >= 4 is 28.9 Å². The largest absolute Gasteiger partial charge is 0.384 e. The summed E-state index contributed by atoms with van der Waals surface area (Å²) in [6.07, 6.45) is 1.73. The first kappa shape index (κ1) is 9.42. The van der Waals surface area contributed by atoms with Gasteiger partial charge in [0.25, 0.3) is 0 Å². The first-order valence-electron chi connectivity index (χ1n) is 3.93. The van der Waals surface area contributed by atoms with Crippen LogP contribution in [-0.4, -0.2) is 15.2 Å². The van der Waals surface area contributed by atoms with E-state index in [0.29, 0.717) is 5.82 Å². The lowest BCUT2D eigenvalue weighted by atomic mass is 10.5. The Kier molecular flexibility index (Phi) is 2.64. The Bertz CT molecular complexity index is 423. The van der Waals surface area contributed by atoms with Crippen molar-refractivity contribution in [3.8, 4) is 0 Å². The fourth-order valence-electron chi connectivity index (χ4n) is 0.873. The zero-order valence-corrected chi connectivity index (χ0v) is 9.10. The lowest BCUT2D eigenvalue weighted by Gasteiger charge is -1.95. The van der Waals surface area contributed by atoms with E-state index >= 15 is 0 Å². The second-order valence-corrected chi connectivity index (χ2v) is 5.11. The van der Waals surface area contributed by atoms with Gasteiger partial charge in [0.05, 0.1) is 0 Å². The van der Waals surface area contributed by atoms with E-state index in [1.54, 1.807) is 35.4 Å². The van der Waals surface area contributed by atoms with Gasteiger partial charge in [-0.3, -0.25) is 0 Å². The third kappa shape index (κ3) is 2.21. The van der Waals surface area contributed by atoms with Gasteiger partial charge >= 0.3 is 0 Å². The van der Waals surface area contributed by atoms with Gasteiger partial charge in [-0.05, 0) is 19.1 Å². The van der Waals surface area contributed by atoms with E-state index in [2.05, 4.69) is 15.2 Å². The molecule has 0 saturated carbocycles. The SMILES string of the molecule is Cc1nnc(Sc2ccc(N)nc2)s1. The van der Waals surface area contributed by atoms with Crippen molar-refractivity contribution in [1.82, 2.24) is 15.2 Å². The molecule has 2 heterocycles. The lowest BCUT2D eigenvalue weighted by Crippen LogP contribution is -1.87. The van der Waals surface area contributed by atoms with Crippen molar-refractivity contribution in [2.24, 2.45) is 0 Å². The van der Waals surface area contributed by atoms with Crippen molar-refractivity contribution in [1.29, 1.82) is 0 Å². The van der Waals surface area contributed by atoms with E-state index in [9.17, 15) is 0 Å². The van der Waals surface area contributed by atoms with Gasteiger partial charge in [-0.25, -0.2) is 4.98 Å². The van der Waals surface area contributed by atoms with Crippen molar-refractivity contribution in [2.45, 2.75) is 16.2 Å². The summed E-state index contributed by atoms with van der Waals surface area (Å²) >= 11 is 3.11. The van der Waals surface area contributed by atoms with Crippen molar-refractivity contribution in [2.75, 3.05) is 5.73 Å². The van der Waals surface area contributed by atoms with Crippen LogP contribution in [0.3, 0.4) is 0 Å². The highest BCUT2D eigenvalue weighted by Crippen LogP contribution is 2.29. The van der Waals surface area contributed by atoms with Crippen LogP contribution >= 0.6 is 23.1 Å². The molecular weight excluding hydrogens is 216 g/mol. The molecule has 2 aromatic heterocycles. The number of nitrogens with two attached hydrogens (primary N) is 1. The normalized spacial score (nSPS) is 10.4. The molecule has 0 atom stereocenters. The summed E-state index contributed by atoms with van der Waals surface area (Å²) in [7, 11) is 0. The van der Waals surface area contributed by atoms with Gasteiger partial charge in [-0.15, -0.1) is 10.2 Å². The fourth-order valence-corrected chi connectivity index (χ4v) is 2.63. The standard InChI is InChI=1S/C8H8N4S2/c1-5-11-12-8(13-5)14-6-2-3-7(9)10-4-6/h2-4H,1H3,(H2,9,10). The van der Waals surface area contributed by atoms with Gasteiger partial charge in [0.1, 0.15) is 10.8 Å². The topological polar surface area (TPSA) is 64.7 Å². The Morgan fingerprint density at radius 3 is 2.79 bits per heavy atom. The Hall–Kier alpha value is -1.14. The molecule has 0 aromatic carbocycles. The predicted molar refractivity (Wildman–Crippen MR) is 57.4 cm³/mol. The summed E-state index contributed by atoms with van der Waals surface area (Å²) in [5, 5.41) is 8.91. The molecule has 4 nitrogen and oxygen atoms in total. The third-order valence-corrected chi connectivity index (χ3v) is 3.34. The van der Waals surface area contributed by atoms with Crippen LogP contribution in [-0.2, 0) is 0 Å². The number of nitrogens with zero attached hydrogens (tertiary/aromatic N) is 3. The average molecular weight is 224 g/mol. The molecule has 72 valence electrons. The van der Waals surface area contributed by atoms with E-state index in [1.807, 2.05) is 13.0 Å². The summed E-state index contributed by atoms with van der Waals surface area (Å²) in [5.74, 6) is 0.530. The number of hydrogen-bond acceptors (Lipinski definition) is 6. The molecule has 0 aliphatic rings. The Balaban J connectivity index is 2.15. The molecule has 0 saturated heterocycles. The maximum Gasteiger partial charge on any atom is 0.179 e. The molecule has 14 heavy (non-hydrogen) atoms. The molecule has 0 unspecified atom stereocenters. The van der Waals surface area contributed by atoms with Crippen LogP contribution in [0.5, 0.6) is 0 Å². The molecule has 2 aromatic rings. The molecule has 2 rings (SSSR count). The number of hydrogen-bond donors (Lipinski definition) is 1. The quantitative estimate of drug-likeness (QED) is 0.845. The summed E-state index contributed by atoms with van der Waals surface area (Å²) in [6.45, 7) is 1.93. The molecule has 0 bridgehead atoms. The summed E-state index contributed by atoms with van der Waals surface area (Å²) in [4.78, 5) is 5.02. The van der Waals surface area contributed by atoms with Gasteiger partial charge in [0.2, 0.25) is 0 Å². The fraction of sp³-hybridized carbons (Fsp3) is 0.125. The van der Waals surface area contributed by atoms with Crippen LogP contribution in [0.2, 0.25) is 0 Å². The van der Waals surface area contributed by atoms with E-state index in [0.717, 1.165) is 14.2 Å². The molecule has 0 fully saturated rings. The summed E-state index contributed by atoms with van der Waals surface area (Å²) in [5.41, 5.74) is 5.48. The van der Waals surface area contributed by atoms with Gasteiger partial charge in [0.15, 0.2) is 4.34 Å². The minimum absolute atomic E-state index is 0.530. The first-order valence-corrected chi connectivity index (χ1v) is 5.57. The molecular formula is C8H8N4S2. The molecule has 0 radical (unpaired) electrons. The number of aromatic nitrogens is 3. The molecule has 6 heteroatoms. The number of rotatable bonds is 2. The Morgan fingerprint density at radius 1 is 1.36 bits per heavy atom. The first-order chi connectivity index (χ1) is 6.74. The second kappa shape index (κ2) is 3.93. The van der Waals surface area contributed by atoms with Crippen molar-refractivity contribution in [3.63, 3.8) is 0 Å². The van der Waals surface area contributed by atoms with Gasteiger partial charge in [-0.2, -0.15) is 0 Å². The van der Waals surface area contributed by atoms with Crippen LogP contribution in [0.25, 0.3) is 0 Å². The molecule has 0 amide bonds. The van der Waals surface area contributed by atoms with E-state index in [1.165, 1.54) is 0 Å². The molecule has 2 N–H and O–H groups in total. The van der Waals surface area contributed by atoms with Crippen LogP contribution in [0.4, 0.5) is 5.82 Å². The Morgan fingerprint density at radius 2 is 2.21 bits per heavy atom. The minimum atomic E-state index is 0.530. The van der Waals surface area contributed by atoms with E-state index in [-0.39, 0.29) is 0 Å². The zero-order chi connectivity index (χ0) is 9.97. The highest BCUT2D eigenvalue weighted by molar-refractivity contribution is 8.01. The smallest absolute Gasteiger partial charge is 0.179 e. The summed E-state index contributed by atoms with van der Waals surface area (Å²) < 4.78 is 0.925. The minimum Gasteiger partial charge on any atom is -0.384 e. The number of aryl methyl sites for hydroxylation is 1. The summed E-state index contributed by atoms with van der Waals surface area (Å²) in [6, 6.07) is 3.69. The third-order valence-electron chi connectivity index (χ3n) is 1.47. The maximum atomic E-state index is 5.48. The lowest BCUT2D eigenvalue weighted by molar-refractivity contribution is 0.983. The molecule has 0 spiro atoms. The molecule has 0 aliphatic heterocycles. The second-order valence-electron chi connectivity index (χ2n) is 2.61. The monoisotopic (exact) mass is 224 g/mol. The number of nitrogen functional groups attached to an aromatic ring is 1. The van der Waals surface area contributed by atoms with Crippen molar-refractivity contribution < 1.29 is 0 Å². The zero-order valence-electron chi connectivity index (χ0n) is 7.47. The van der Waals surface area contributed by atoms with E-state index < -0.39 is 0 Å². The van der Waals surface area contributed by atoms with Crippen LogP contribution in [0, 0.1) is 6.92 Å². The van der Waals surface area contributed by atoms with Crippen LogP contribution < -0.4 is 5.73 Å². The van der Waals surface area contributed by atoms with Gasteiger partial charge in [-0.1, -0.05) is 23.1 Å². The number of anilines is 1. The Labute approximate surface area is 89.6 Å². The van der Waals surface area contributed by atoms with Gasteiger partial charge in [0, 0.05) is 11.1 Å². The van der Waals surface area contributed by atoms with Crippen LogP contribution in [0.15, 0.2) is 27.6 Å². The molecule has 0 aliphatic carbocycles. The number of pyridine rings is 1. The van der Waals surface area contributed by atoms with Crippen LogP contribution in [0.1, 0.15) is 5.01 Å². The maximum absolute atomic E-state index is 5.48. The highest BCUT2D eigenvalue weighted by atomic mass is 32.2. The van der Waals surface area contributed by atoms with Crippen molar-refractivity contribution in [3.05, 3.63) is 23.3 Å². The van der Waals surface area contributed by atoms with Gasteiger partial charge < -0.3 is 5.73 Å². The predicted octanol–water partition coefficient (Wildman–Crippen LogP) is 1.97.